The van der Waals surface area contributed by atoms with Crippen LogP contribution in [0.4, 0.5) is 0 Å². The van der Waals surface area contributed by atoms with Gasteiger partial charge in [-0.05, 0) is 49.3 Å². The van der Waals surface area contributed by atoms with Crippen molar-refractivity contribution >= 4 is 12.0 Å². The van der Waals surface area contributed by atoms with Gasteiger partial charge in [-0.1, -0.05) is 35.9 Å². The zero-order valence-corrected chi connectivity index (χ0v) is 11.3. The van der Waals surface area contributed by atoms with Crippen LogP contribution in [0, 0.1) is 5.92 Å². The fraction of sp³-hybridized carbons (Fsp3) is 0.438. The van der Waals surface area contributed by atoms with Gasteiger partial charge in [-0.3, -0.25) is 4.79 Å². The summed E-state index contributed by atoms with van der Waals surface area (Å²) in [5, 5.41) is 0. The number of primary amides is 1. The highest BCUT2D eigenvalue weighted by Gasteiger charge is 2.14. The number of allylic oxidation sites excluding steroid dienone is 1. The van der Waals surface area contributed by atoms with Gasteiger partial charge in [0.2, 0.25) is 5.91 Å². The average molecular weight is 258 g/mol. The Hall–Kier alpha value is -1.61. The quantitative estimate of drug-likeness (QED) is 0.869. The number of nitrogens with two attached hydrogens (primary N) is 2. The lowest BCUT2D eigenvalue weighted by atomic mass is 9.85. The van der Waals surface area contributed by atoms with Crippen LogP contribution in [0.1, 0.15) is 36.8 Å². The van der Waals surface area contributed by atoms with Crippen molar-refractivity contribution in [3.63, 3.8) is 0 Å². The minimum absolute atomic E-state index is 0.286. The van der Waals surface area contributed by atoms with Crippen LogP contribution in [-0.2, 0) is 11.2 Å². The molecule has 19 heavy (non-hydrogen) atoms. The van der Waals surface area contributed by atoms with E-state index in [1.54, 1.807) is 0 Å². The summed E-state index contributed by atoms with van der Waals surface area (Å²) in [5.74, 6) is 0.418. The minimum Gasteiger partial charge on any atom is -0.369 e. The summed E-state index contributed by atoms with van der Waals surface area (Å²) >= 11 is 0. The van der Waals surface area contributed by atoms with E-state index in [1.807, 2.05) is 12.1 Å². The molecule has 0 unspecified atom stereocenters. The number of amides is 1. The van der Waals surface area contributed by atoms with E-state index in [2.05, 4.69) is 18.2 Å². The van der Waals surface area contributed by atoms with Crippen molar-refractivity contribution in [1.29, 1.82) is 0 Å². The predicted molar refractivity (Wildman–Crippen MR) is 78.3 cm³/mol. The molecule has 4 N–H and O–H groups in total. The smallest absolute Gasteiger partial charge is 0.221 e. The Morgan fingerprint density at radius 1 is 1.21 bits per heavy atom. The molecule has 2 rings (SSSR count). The summed E-state index contributed by atoms with van der Waals surface area (Å²) in [6.45, 7) is 0.815. The topological polar surface area (TPSA) is 69.1 Å². The fourth-order valence-electron chi connectivity index (χ4n) is 2.60. The zero-order chi connectivity index (χ0) is 13.7. The Bertz CT molecular complexity index is 452. The molecule has 0 spiro atoms. The van der Waals surface area contributed by atoms with E-state index >= 15 is 0 Å². The van der Waals surface area contributed by atoms with Crippen molar-refractivity contribution in [1.82, 2.24) is 0 Å². The van der Waals surface area contributed by atoms with Crippen LogP contribution in [0.15, 0.2) is 29.8 Å². The van der Waals surface area contributed by atoms with Crippen molar-refractivity contribution in [2.75, 3.05) is 6.54 Å². The molecular formula is C16H22N2O. The molecule has 0 saturated heterocycles. The summed E-state index contributed by atoms with van der Waals surface area (Å²) in [6, 6.07) is 8.06. The molecule has 1 amide bonds. The highest BCUT2D eigenvalue weighted by atomic mass is 16.1. The molecule has 102 valence electrons. The lowest BCUT2D eigenvalue weighted by Crippen LogP contribution is -2.17. The maximum Gasteiger partial charge on any atom is 0.221 e. The number of carbonyl (C=O) groups is 1. The Morgan fingerprint density at radius 3 is 2.37 bits per heavy atom. The van der Waals surface area contributed by atoms with Crippen LogP contribution >= 0.6 is 0 Å². The normalized spacial score (nSPS) is 19.2. The SMILES string of the molecule is NCC1CCC(=Cc2ccc(CC(N)=O)cc2)CC1. The van der Waals surface area contributed by atoms with Crippen molar-refractivity contribution < 1.29 is 4.79 Å². The first kappa shape index (κ1) is 13.8. The second-order valence-electron chi connectivity index (χ2n) is 5.37. The Labute approximate surface area is 114 Å². The van der Waals surface area contributed by atoms with Gasteiger partial charge in [0.05, 0.1) is 6.42 Å². The molecule has 1 fully saturated rings. The van der Waals surface area contributed by atoms with E-state index in [-0.39, 0.29) is 5.91 Å². The highest BCUT2D eigenvalue weighted by Crippen LogP contribution is 2.28. The van der Waals surface area contributed by atoms with Gasteiger partial charge >= 0.3 is 0 Å². The molecule has 1 aromatic rings. The number of hydrogen-bond acceptors (Lipinski definition) is 2. The molecule has 1 aromatic carbocycles. The van der Waals surface area contributed by atoms with Gasteiger partial charge in [0.1, 0.15) is 0 Å². The number of carbonyl (C=O) groups excluding carboxylic acids is 1. The molecule has 0 bridgehead atoms. The number of benzene rings is 1. The summed E-state index contributed by atoms with van der Waals surface area (Å²) in [5.41, 5.74) is 14.6. The molecule has 0 heterocycles. The summed E-state index contributed by atoms with van der Waals surface area (Å²) in [7, 11) is 0. The first-order chi connectivity index (χ1) is 9.17. The Kier molecular flexibility index (Phi) is 4.74. The minimum atomic E-state index is -0.286. The van der Waals surface area contributed by atoms with Crippen LogP contribution in [0.3, 0.4) is 0 Å². The highest BCUT2D eigenvalue weighted by molar-refractivity contribution is 5.76. The maximum absolute atomic E-state index is 10.8. The third kappa shape index (κ3) is 4.21. The fourth-order valence-corrected chi connectivity index (χ4v) is 2.60. The van der Waals surface area contributed by atoms with E-state index in [9.17, 15) is 4.79 Å². The molecule has 0 radical (unpaired) electrons. The lowest BCUT2D eigenvalue weighted by Gasteiger charge is -2.22. The third-order valence-corrected chi connectivity index (χ3v) is 3.81. The Balaban J connectivity index is 1.97. The van der Waals surface area contributed by atoms with Crippen molar-refractivity contribution in [2.24, 2.45) is 17.4 Å². The van der Waals surface area contributed by atoms with Gasteiger partial charge in [-0.2, -0.15) is 0 Å². The standard InChI is InChI=1S/C16H22N2O/c17-11-15-7-5-13(6-8-15)9-12-1-3-14(4-2-12)10-16(18)19/h1-4,9,15H,5-8,10-11,17H2,(H2,18,19). The molecular weight excluding hydrogens is 236 g/mol. The van der Waals surface area contributed by atoms with E-state index in [0.717, 1.165) is 24.9 Å². The van der Waals surface area contributed by atoms with Gasteiger partial charge < -0.3 is 11.5 Å². The maximum atomic E-state index is 10.8. The van der Waals surface area contributed by atoms with Crippen LogP contribution in [0.25, 0.3) is 6.08 Å². The second kappa shape index (κ2) is 6.53. The van der Waals surface area contributed by atoms with E-state index < -0.39 is 0 Å². The van der Waals surface area contributed by atoms with Crippen molar-refractivity contribution in [2.45, 2.75) is 32.1 Å². The Morgan fingerprint density at radius 2 is 1.84 bits per heavy atom. The van der Waals surface area contributed by atoms with Gasteiger partial charge in [0.15, 0.2) is 0 Å². The average Bonchev–Trinajstić information content (AvgIpc) is 2.41. The van der Waals surface area contributed by atoms with Crippen LogP contribution in [0.5, 0.6) is 0 Å². The van der Waals surface area contributed by atoms with E-state index in [4.69, 9.17) is 11.5 Å². The molecule has 3 heteroatoms. The summed E-state index contributed by atoms with van der Waals surface area (Å²) in [6.07, 6.45) is 7.32. The largest absolute Gasteiger partial charge is 0.369 e. The molecule has 0 atom stereocenters. The van der Waals surface area contributed by atoms with E-state index in [1.165, 1.54) is 24.0 Å². The molecule has 1 aliphatic carbocycles. The van der Waals surface area contributed by atoms with Gasteiger partial charge in [-0.25, -0.2) is 0 Å². The summed E-state index contributed by atoms with van der Waals surface area (Å²) in [4.78, 5) is 10.8. The molecule has 1 saturated carbocycles. The third-order valence-electron chi connectivity index (χ3n) is 3.81. The number of hydrogen-bond donors (Lipinski definition) is 2. The lowest BCUT2D eigenvalue weighted by molar-refractivity contribution is -0.117. The molecule has 0 aromatic heterocycles. The molecule has 0 aliphatic heterocycles. The molecule has 1 aliphatic rings. The van der Waals surface area contributed by atoms with Crippen LogP contribution < -0.4 is 11.5 Å². The first-order valence-corrected chi connectivity index (χ1v) is 6.94. The van der Waals surface area contributed by atoms with Crippen LogP contribution in [0.2, 0.25) is 0 Å². The first-order valence-electron chi connectivity index (χ1n) is 6.94. The number of rotatable bonds is 4. The monoisotopic (exact) mass is 258 g/mol. The summed E-state index contributed by atoms with van der Waals surface area (Å²) < 4.78 is 0. The van der Waals surface area contributed by atoms with Crippen molar-refractivity contribution in [3.8, 4) is 0 Å². The predicted octanol–water partition coefficient (Wildman–Crippen LogP) is 2.25. The zero-order valence-electron chi connectivity index (χ0n) is 11.3. The van der Waals surface area contributed by atoms with E-state index in [0.29, 0.717) is 12.3 Å². The second-order valence-corrected chi connectivity index (χ2v) is 5.37. The van der Waals surface area contributed by atoms with Crippen LogP contribution in [-0.4, -0.2) is 12.5 Å². The van der Waals surface area contributed by atoms with Crippen molar-refractivity contribution in [3.05, 3.63) is 41.0 Å². The van der Waals surface area contributed by atoms with Gasteiger partial charge in [0, 0.05) is 0 Å². The molecule has 3 nitrogen and oxygen atoms in total. The van der Waals surface area contributed by atoms with Gasteiger partial charge in [-0.15, -0.1) is 0 Å². The van der Waals surface area contributed by atoms with Gasteiger partial charge in [0.25, 0.3) is 0 Å².